The molecule has 0 heterocycles. The topological polar surface area (TPSA) is 116 Å². The number of amides is 2. The van der Waals surface area contributed by atoms with Crippen LogP contribution in [-0.4, -0.2) is 23.4 Å². The number of anilines is 4. The van der Waals surface area contributed by atoms with Crippen molar-refractivity contribution in [3.8, 4) is 0 Å². The van der Waals surface area contributed by atoms with Gasteiger partial charge in [0.2, 0.25) is 23.4 Å². The highest BCUT2D eigenvalue weighted by molar-refractivity contribution is 6.56. The average molecular weight is 473 g/mol. The summed E-state index contributed by atoms with van der Waals surface area (Å²) < 4.78 is 0. The second-order valence-corrected chi connectivity index (χ2v) is 7.56. The molecule has 0 saturated carbocycles. The van der Waals surface area contributed by atoms with Gasteiger partial charge in [-0.1, -0.05) is 23.2 Å². The van der Waals surface area contributed by atoms with Gasteiger partial charge in [-0.3, -0.25) is 19.2 Å². The van der Waals surface area contributed by atoms with E-state index >= 15 is 0 Å². The van der Waals surface area contributed by atoms with Gasteiger partial charge in [0, 0.05) is 36.6 Å². The maximum absolute atomic E-state index is 12.8. The zero-order chi connectivity index (χ0) is 23.4. The van der Waals surface area contributed by atoms with Gasteiger partial charge < -0.3 is 21.3 Å². The predicted molar refractivity (Wildman–Crippen MR) is 125 cm³/mol. The van der Waals surface area contributed by atoms with E-state index < -0.39 is 11.6 Å². The lowest BCUT2D eigenvalue weighted by molar-refractivity contribution is -0.115. The van der Waals surface area contributed by atoms with E-state index in [1.807, 2.05) is 0 Å². The molecule has 0 aliphatic heterocycles. The summed E-state index contributed by atoms with van der Waals surface area (Å²) >= 11 is 12.4. The van der Waals surface area contributed by atoms with E-state index in [4.69, 9.17) is 23.2 Å². The van der Waals surface area contributed by atoms with Crippen molar-refractivity contribution >= 4 is 69.3 Å². The molecule has 164 valence electrons. The van der Waals surface area contributed by atoms with E-state index in [9.17, 15) is 19.2 Å². The minimum Gasteiger partial charge on any atom is -0.351 e. The number of nitrogens with one attached hydrogen (secondary N) is 4. The summed E-state index contributed by atoms with van der Waals surface area (Å²) in [5.41, 5.74) is 1.79. The maximum atomic E-state index is 12.8. The molecule has 0 fully saturated rings. The highest BCUT2D eigenvalue weighted by atomic mass is 35.5. The summed E-state index contributed by atoms with van der Waals surface area (Å²) in [6.45, 7) is 2.78. The molecular formula is C22H18Cl2N4O4. The molecule has 0 spiro atoms. The Bertz CT molecular complexity index is 1080. The first-order valence-electron chi connectivity index (χ1n) is 9.34. The minimum atomic E-state index is -0.653. The average Bonchev–Trinajstić information content (AvgIpc) is 2.74. The molecule has 2 aromatic rings. The lowest BCUT2D eigenvalue weighted by atomic mass is 10.0. The Kier molecular flexibility index (Phi) is 6.97. The van der Waals surface area contributed by atoms with Gasteiger partial charge in [0.25, 0.3) is 0 Å². The molecule has 0 unspecified atom stereocenters. The molecule has 1 aliphatic carbocycles. The number of carbonyl (C=O) groups excluding carboxylic acids is 4. The summed E-state index contributed by atoms with van der Waals surface area (Å²) in [4.78, 5) is 47.8. The van der Waals surface area contributed by atoms with Crippen molar-refractivity contribution in [1.82, 2.24) is 0 Å². The fourth-order valence-corrected chi connectivity index (χ4v) is 3.29. The fraction of sp³-hybridized carbons (Fsp3) is 0.0909. The van der Waals surface area contributed by atoms with Crippen LogP contribution in [0.25, 0.3) is 0 Å². The number of rotatable bonds is 6. The molecule has 32 heavy (non-hydrogen) atoms. The lowest BCUT2D eigenvalue weighted by Crippen LogP contribution is -2.27. The standard InChI is InChI=1S/C22H18Cl2N4O4/c1-11(29)25-13-3-7-15(8-4-13)27-19-17(23)22(32)20(18(24)21(19)31)28-16-9-5-14(6-10-16)26-12(2)30/h3-10,27-28H,1-2H3,(H,25,29)(H,26,30). The molecular weight excluding hydrogens is 455 g/mol. The highest BCUT2D eigenvalue weighted by Gasteiger charge is 2.33. The van der Waals surface area contributed by atoms with E-state index in [0.29, 0.717) is 22.7 Å². The van der Waals surface area contributed by atoms with Crippen molar-refractivity contribution in [3.63, 3.8) is 0 Å². The highest BCUT2D eigenvalue weighted by Crippen LogP contribution is 2.31. The van der Waals surface area contributed by atoms with Gasteiger partial charge in [-0.05, 0) is 48.5 Å². The van der Waals surface area contributed by atoms with Gasteiger partial charge in [-0.25, -0.2) is 0 Å². The van der Waals surface area contributed by atoms with Crippen LogP contribution in [0.15, 0.2) is 70.0 Å². The Labute approximate surface area is 193 Å². The zero-order valence-corrected chi connectivity index (χ0v) is 18.5. The number of carbonyl (C=O) groups is 4. The van der Waals surface area contributed by atoms with Crippen LogP contribution < -0.4 is 21.3 Å². The number of benzene rings is 2. The molecule has 10 heteroatoms. The van der Waals surface area contributed by atoms with E-state index in [2.05, 4.69) is 21.3 Å². The summed E-state index contributed by atoms with van der Waals surface area (Å²) in [7, 11) is 0. The number of ketones is 2. The van der Waals surface area contributed by atoms with Crippen LogP contribution in [-0.2, 0) is 19.2 Å². The van der Waals surface area contributed by atoms with Gasteiger partial charge in [-0.2, -0.15) is 0 Å². The van der Waals surface area contributed by atoms with Gasteiger partial charge in [0.05, 0.1) is 0 Å². The van der Waals surface area contributed by atoms with E-state index in [-0.39, 0.29) is 33.3 Å². The molecule has 0 atom stereocenters. The summed E-state index contributed by atoms with van der Waals surface area (Å²) in [5, 5.41) is 10.2. The molecule has 4 N–H and O–H groups in total. The molecule has 2 aromatic carbocycles. The third-order valence-corrected chi connectivity index (χ3v) is 4.96. The van der Waals surface area contributed by atoms with Crippen LogP contribution >= 0.6 is 23.2 Å². The quantitative estimate of drug-likeness (QED) is 0.468. The Hall–Kier alpha value is -3.62. The van der Waals surface area contributed by atoms with Gasteiger partial charge in [0.15, 0.2) is 0 Å². The Morgan fingerprint density at radius 2 is 0.875 bits per heavy atom. The third kappa shape index (κ3) is 5.35. The molecule has 0 bridgehead atoms. The Morgan fingerprint density at radius 1 is 0.594 bits per heavy atom. The fourth-order valence-electron chi connectivity index (χ4n) is 2.84. The SMILES string of the molecule is CC(=O)Nc1ccc(NC2=C(Cl)C(=O)C(Nc3ccc(NC(C)=O)cc3)=C(Cl)C2=O)cc1. The van der Waals surface area contributed by atoms with Gasteiger partial charge in [-0.15, -0.1) is 0 Å². The van der Waals surface area contributed by atoms with Crippen molar-refractivity contribution in [3.05, 3.63) is 70.0 Å². The smallest absolute Gasteiger partial charge is 0.224 e. The second-order valence-electron chi connectivity index (χ2n) is 6.80. The number of hydrogen-bond donors (Lipinski definition) is 4. The van der Waals surface area contributed by atoms with Crippen LogP contribution in [0.1, 0.15) is 13.8 Å². The van der Waals surface area contributed by atoms with Crippen molar-refractivity contribution in [2.45, 2.75) is 13.8 Å². The molecule has 0 saturated heterocycles. The van der Waals surface area contributed by atoms with Crippen LogP contribution in [0.3, 0.4) is 0 Å². The van der Waals surface area contributed by atoms with Crippen molar-refractivity contribution < 1.29 is 19.2 Å². The van der Waals surface area contributed by atoms with Crippen LogP contribution in [0.4, 0.5) is 22.7 Å². The normalized spacial score (nSPS) is 13.8. The van der Waals surface area contributed by atoms with Gasteiger partial charge >= 0.3 is 0 Å². The largest absolute Gasteiger partial charge is 0.351 e. The minimum absolute atomic E-state index is 0.152. The van der Waals surface area contributed by atoms with Crippen LogP contribution in [0, 0.1) is 0 Å². The van der Waals surface area contributed by atoms with Gasteiger partial charge in [0.1, 0.15) is 21.5 Å². The maximum Gasteiger partial charge on any atom is 0.224 e. The van der Waals surface area contributed by atoms with E-state index in [0.717, 1.165) is 0 Å². The molecule has 0 aromatic heterocycles. The number of allylic oxidation sites excluding steroid dienone is 2. The summed E-state index contributed by atoms with van der Waals surface area (Å²) in [5.74, 6) is -1.74. The van der Waals surface area contributed by atoms with E-state index in [1.54, 1.807) is 48.5 Å². The van der Waals surface area contributed by atoms with Crippen LogP contribution in [0.2, 0.25) is 0 Å². The molecule has 1 aliphatic rings. The molecule has 0 radical (unpaired) electrons. The van der Waals surface area contributed by atoms with Crippen molar-refractivity contribution in [2.24, 2.45) is 0 Å². The van der Waals surface area contributed by atoms with Crippen LogP contribution in [0.5, 0.6) is 0 Å². The predicted octanol–water partition coefficient (Wildman–Crippen LogP) is 4.18. The number of Topliss-reactive ketones (excluding diaryl/α,β-unsaturated/α-hetero) is 2. The second kappa shape index (κ2) is 9.67. The summed E-state index contributed by atoms with van der Waals surface area (Å²) in [6, 6.07) is 13.0. The third-order valence-electron chi connectivity index (χ3n) is 4.24. The zero-order valence-electron chi connectivity index (χ0n) is 17.0. The Balaban J connectivity index is 1.78. The monoisotopic (exact) mass is 472 g/mol. The lowest BCUT2D eigenvalue weighted by Gasteiger charge is -2.20. The molecule has 8 nitrogen and oxygen atoms in total. The summed E-state index contributed by atoms with van der Waals surface area (Å²) in [6.07, 6.45) is 0. The van der Waals surface area contributed by atoms with Crippen molar-refractivity contribution in [1.29, 1.82) is 0 Å². The first kappa shape index (κ1) is 23.1. The number of hydrogen-bond acceptors (Lipinski definition) is 6. The van der Waals surface area contributed by atoms with E-state index in [1.165, 1.54) is 13.8 Å². The first-order valence-corrected chi connectivity index (χ1v) is 10.1. The first-order chi connectivity index (χ1) is 15.2. The molecule has 3 rings (SSSR count). The molecule has 2 amide bonds. The number of halogens is 2. The van der Waals surface area contributed by atoms with Crippen molar-refractivity contribution in [2.75, 3.05) is 21.3 Å². The Morgan fingerprint density at radius 3 is 1.16 bits per heavy atom.